The molecule has 0 saturated carbocycles. The highest BCUT2D eigenvalue weighted by atomic mass is 32.2. The van der Waals surface area contributed by atoms with Crippen LogP contribution in [0.5, 0.6) is 11.5 Å². The van der Waals surface area contributed by atoms with Gasteiger partial charge in [0, 0.05) is 12.6 Å². The van der Waals surface area contributed by atoms with Crippen LogP contribution in [0.4, 0.5) is 0 Å². The van der Waals surface area contributed by atoms with Crippen LogP contribution in [0.1, 0.15) is 31.4 Å². The number of hydrogen-bond donors (Lipinski definition) is 4. The third-order valence-electron chi connectivity index (χ3n) is 3.03. The first-order valence-electron chi connectivity index (χ1n) is 6.47. The minimum absolute atomic E-state index is 0.172. The molecule has 1 aromatic rings. The second kappa shape index (κ2) is 8.30. The summed E-state index contributed by atoms with van der Waals surface area (Å²) in [6.45, 7) is 2.53. The molecule has 0 radical (unpaired) electrons. The Balaban J connectivity index is 2.37. The van der Waals surface area contributed by atoms with Crippen LogP contribution in [0, 0.1) is 0 Å². The standard InChI is InChI=1S/C14H23NO3S/c1-10(4-3-7-19-2)15-9-14(18)11-5-6-12(16)13(17)8-11/h5-6,8,10,14-18H,3-4,7,9H2,1-2H3/t10?,14-/m0/s1. The van der Waals surface area contributed by atoms with E-state index in [9.17, 15) is 15.3 Å². The predicted molar refractivity (Wildman–Crippen MR) is 79.8 cm³/mol. The molecule has 108 valence electrons. The largest absolute Gasteiger partial charge is 0.504 e. The highest BCUT2D eigenvalue weighted by molar-refractivity contribution is 7.98. The van der Waals surface area contributed by atoms with Crippen molar-refractivity contribution in [1.29, 1.82) is 0 Å². The Morgan fingerprint density at radius 1 is 1.26 bits per heavy atom. The van der Waals surface area contributed by atoms with E-state index in [1.54, 1.807) is 6.07 Å². The zero-order chi connectivity index (χ0) is 14.3. The van der Waals surface area contributed by atoms with E-state index in [1.165, 1.54) is 12.1 Å². The van der Waals surface area contributed by atoms with Crippen molar-refractivity contribution in [3.63, 3.8) is 0 Å². The van der Waals surface area contributed by atoms with Crippen LogP contribution in [0.15, 0.2) is 18.2 Å². The number of phenols is 2. The quantitative estimate of drug-likeness (QED) is 0.435. The third-order valence-corrected chi connectivity index (χ3v) is 3.73. The lowest BCUT2D eigenvalue weighted by Crippen LogP contribution is -2.30. The first-order valence-corrected chi connectivity index (χ1v) is 7.86. The predicted octanol–water partition coefficient (Wildman–Crippen LogP) is 2.25. The zero-order valence-corrected chi connectivity index (χ0v) is 12.3. The Labute approximate surface area is 118 Å². The summed E-state index contributed by atoms with van der Waals surface area (Å²) in [4.78, 5) is 0. The van der Waals surface area contributed by atoms with E-state index in [0.717, 1.165) is 18.6 Å². The molecular formula is C14H23NO3S. The van der Waals surface area contributed by atoms with Crippen molar-refractivity contribution in [2.45, 2.75) is 31.9 Å². The number of rotatable bonds is 8. The molecule has 19 heavy (non-hydrogen) atoms. The molecule has 1 rings (SSSR count). The van der Waals surface area contributed by atoms with Gasteiger partial charge in [-0.15, -0.1) is 0 Å². The Kier molecular flexibility index (Phi) is 7.05. The van der Waals surface area contributed by atoms with Gasteiger partial charge in [0.1, 0.15) is 0 Å². The number of benzene rings is 1. The van der Waals surface area contributed by atoms with Gasteiger partial charge < -0.3 is 20.6 Å². The Morgan fingerprint density at radius 3 is 2.63 bits per heavy atom. The Hall–Kier alpha value is -0.910. The normalized spacial score (nSPS) is 14.3. The Bertz CT molecular complexity index is 387. The van der Waals surface area contributed by atoms with Gasteiger partial charge in [0.25, 0.3) is 0 Å². The maximum atomic E-state index is 10.00. The van der Waals surface area contributed by atoms with Gasteiger partial charge in [0.05, 0.1) is 6.10 Å². The zero-order valence-electron chi connectivity index (χ0n) is 11.5. The summed E-state index contributed by atoms with van der Waals surface area (Å²) < 4.78 is 0. The first-order chi connectivity index (χ1) is 9.04. The van der Waals surface area contributed by atoms with Crippen molar-refractivity contribution in [3.05, 3.63) is 23.8 Å². The molecule has 0 saturated heterocycles. The van der Waals surface area contributed by atoms with Gasteiger partial charge in [-0.1, -0.05) is 6.07 Å². The van der Waals surface area contributed by atoms with Crippen LogP contribution in [0.25, 0.3) is 0 Å². The molecule has 4 N–H and O–H groups in total. The maximum Gasteiger partial charge on any atom is 0.157 e. The van der Waals surface area contributed by atoms with Crippen molar-refractivity contribution in [2.24, 2.45) is 0 Å². The second-order valence-corrected chi connectivity index (χ2v) is 5.69. The monoisotopic (exact) mass is 285 g/mol. The fourth-order valence-corrected chi connectivity index (χ4v) is 2.27. The number of thioether (sulfide) groups is 1. The SMILES string of the molecule is CSCCCC(C)NC[C@H](O)c1ccc(O)c(O)c1. The molecule has 2 atom stereocenters. The lowest BCUT2D eigenvalue weighted by atomic mass is 10.1. The lowest BCUT2D eigenvalue weighted by molar-refractivity contribution is 0.169. The van der Waals surface area contributed by atoms with Gasteiger partial charge in [-0.05, 0) is 49.5 Å². The van der Waals surface area contributed by atoms with E-state index in [1.807, 2.05) is 11.8 Å². The fraction of sp³-hybridized carbons (Fsp3) is 0.571. The van der Waals surface area contributed by atoms with Gasteiger partial charge in [-0.25, -0.2) is 0 Å². The van der Waals surface area contributed by atoms with Crippen LogP contribution in [0.3, 0.4) is 0 Å². The molecule has 0 amide bonds. The van der Waals surface area contributed by atoms with E-state index >= 15 is 0 Å². The topological polar surface area (TPSA) is 72.7 Å². The molecule has 1 unspecified atom stereocenters. The smallest absolute Gasteiger partial charge is 0.157 e. The molecule has 4 nitrogen and oxygen atoms in total. The minimum atomic E-state index is -0.686. The third kappa shape index (κ3) is 5.72. The van der Waals surface area contributed by atoms with Crippen molar-refractivity contribution < 1.29 is 15.3 Å². The number of nitrogens with one attached hydrogen (secondary N) is 1. The van der Waals surface area contributed by atoms with E-state index in [4.69, 9.17) is 0 Å². The van der Waals surface area contributed by atoms with Gasteiger partial charge in [-0.2, -0.15) is 11.8 Å². The van der Waals surface area contributed by atoms with E-state index in [0.29, 0.717) is 18.2 Å². The van der Waals surface area contributed by atoms with Crippen LogP contribution in [0.2, 0.25) is 0 Å². The fourth-order valence-electron chi connectivity index (χ4n) is 1.81. The second-order valence-electron chi connectivity index (χ2n) is 4.71. The van der Waals surface area contributed by atoms with Crippen LogP contribution >= 0.6 is 11.8 Å². The Morgan fingerprint density at radius 2 is 2.00 bits per heavy atom. The average molecular weight is 285 g/mol. The molecule has 0 aliphatic heterocycles. The summed E-state index contributed by atoms with van der Waals surface area (Å²) in [5, 5.41) is 31.9. The summed E-state index contributed by atoms with van der Waals surface area (Å²) in [5.41, 5.74) is 0.596. The van der Waals surface area contributed by atoms with Crippen molar-refractivity contribution in [2.75, 3.05) is 18.6 Å². The molecular weight excluding hydrogens is 262 g/mol. The van der Waals surface area contributed by atoms with Crippen LogP contribution < -0.4 is 5.32 Å². The average Bonchev–Trinajstić information content (AvgIpc) is 2.39. The van der Waals surface area contributed by atoms with Crippen molar-refractivity contribution in [3.8, 4) is 11.5 Å². The minimum Gasteiger partial charge on any atom is -0.504 e. The maximum absolute atomic E-state index is 10.00. The van der Waals surface area contributed by atoms with Crippen LogP contribution in [-0.4, -0.2) is 39.9 Å². The van der Waals surface area contributed by atoms with E-state index in [-0.39, 0.29) is 11.5 Å². The molecule has 1 aromatic carbocycles. The lowest BCUT2D eigenvalue weighted by Gasteiger charge is -2.17. The van der Waals surface area contributed by atoms with E-state index < -0.39 is 6.10 Å². The number of aliphatic hydroxyl groups is 1. The molecule has 0 heterocycles. The van der Waals surface area contributed by atoms with Gasteiger partial charge in [0.2, 0.25) is 0 Å². The van der Waals surface area contributed by atoms with Gasteiger partial charge in [0.15, 0.2) is 11.5 Å². The summed E-state index contributed by atoms with van der Waals surface area (Å²) in [7, 11) is 0. The summed E-state index contributed by atoms with van der Waals surface area (Å²) in [6, 6.07) is 4.74. The molecule has 0 aliphatic carbocycles. The molecule has 0 aliphatic rings. The van der Waals surface area contributed by atoms with Gasteiger partial charge >= 0.3 is 0 Å². The van der Waals surface area contributed by atoms with Crippen LogP contribution in [-0.2, 0) is 0 Å². The van der Waals surface area contributed by atoms with E-state index in [2.05, 4.69) is 18.5 Å². The highest BCUT2D eigenvalue weighted by Gasteiger charge is 2.11. The number of aliphatic hydroxyl groups excluding tert-OH is 1. The summed E-state index contributed by atoms with van der Waals surface area (Å²) in [6.07, 6.45) is 3.65. The van der Waals surface area contributed by atoms with Gasteiger partial charge in [-0.3, -0.25) is 0 Å². The molecule has 0 spiro atoms. The summed E-state index contributed by atoms with van der Waals surface area (Å²) in [5.74, 6) is 0.777. The number of phenolic OH excluding ortho intramolecular Hbond substituents is 2. The molecule has 5 heteroatoms. The highest BCUT2D eigenvalue weighted by Crippen LogP contribution is 2.27. The molecule has 0 fully saturated rings. The molecule has 0 aromatic heterocycles. The number of hydrogen-bond acceptors (Lipinski definition) is 5. The molecule has 0 bridgehead atoms. The van der Waals surface area contributed by atoms with Crippen molar-refractivity contribution in [1.82, 2.24) is 5.32 Å². The summed E-state index contributed by atoms with van der Waals surface area (Å²) >= 11 is 1.84. The first kappa shape index (κ1) is 16.1. The number of aromatic hydroxyl groups is 2. The van der Waals surface area contributed by atoms with Crippen molar-refractivity contribution >= 4 is 11.8 Å².